The molecule has 0 aliphatic heterocycles. The Hall–Kier alpha value is -0.0800. The van der Waals surface area contributed by atoms with Crippen molar-refractivity contribution in [3.8, 4) is 0 Å². The lowest BCUT2D eigenvalue weighted by molar-refractivity contribution is 0.395. The second-order valence-electron chi connectivity index (χ2n) is 3.45. The molecule has 0 heterocycles. The fourth-order valence-electron chi connectivity index (χ4n) is 2.06. The predicted molar refractivity (Wildman–Crippen MR) is 48.5 cm³/mol. The molecule has 0 aromatic rings. The van der Waals surface area contributed by atoms with Crippen molar-refractivity contribution >= 4 is 0 Å². The molecule has 0 aromatic carbocycles. The Morgan fingerprint density at radius 2 is 2.27 bits per heavy atom. The van der Waals surface area contributed by atoms with Gasteiger partial charge in [0.15, 0.2) is 0 Å². The van der Waals surface area contributed by atoms with E-state index in [2.05, 4.69) is 12.2 Å². The van der Waals surface area contributed by atoms with Crippen LogP contribution in [0.15, 0.2) is 0 Å². The van der Waals surface area contributed by atoms with E-state index >= 15 is 0 Å². The molecular formula is C9H20N2. The Morgan fingerprint density at radius 3 is 2.91 bits per heavy atom. The van der Waals surface area contributed by atoms with Crippen LogP contribution in [0.4, 0.5) is 0 Å². The van der Waals surface area contributed by atoms with Gasteiger partial charge in [0.05, 0.1) is 0 Å². The summed E-state index contributed by atoms with van der Waals surface area (Å²) in [6.07, 6.45) is 5.50. The topological polar surface area (TPSA) is 38.0 Å². The van der Waals surface area contributed by atoms with Gasteiger partial charge in [-0.05, 0) is 18.8 Å². The van der Waals surface area contributed by atoms with Crippen molar-refractivity contribution in [1.29, 1.82) is 0 Å². The molecule has 2 heteroatoms. The predicted octanol–water partition coefficient (Wildman–Crippen LogP) is 1.11. The zero-order valence-corrected chi connectivity index (χ0v) is 7.47. The van der Waals surface area contributed by atoms with Gasteiger partial charge in [-0.2, -0.15) is 0 Å². The van der Waals surface area contributed by atoms with Crippen LogP contribution in [0.2, 0.25) is 0 Å². The highest BCUT2D eigenvalue weighted by molar-refractivity contribution is 4.81. The highest BCUT2D eigenvalue weighted by atomic mass is 14.9. The van der Waals surface area contributed by atoms with E-state index in [1.54, 1.807) is 0 Å². The number of hydrogen-bond acceptors (Lipinski definition) is 2. The maximum absolute atomic E-state index is 5.43. The van der Waals surface area contributed by atoms with Gasteiger partial charge in [0, 0.05) is 19.1 Å². The number of hydrogen-bond donors (Lipinski definition) is 2. The molecule has 0 aromatic heterocycles. The number of nitrogens with two attached hydrogens (primary N) is 1. The minimum Gasteiger partial charge on any atom is -0.329 e. The summed E-state index contributed by atoms with van der Waals surface area (Å²) in [6.45, 7) is 4.04. The first-order valence-electron chi connectivity index (χ1n) is 4.82. The third-order valence-corrected chi connectivity index (χ3v) is 2.73. The van der Waals surface area contributed by atoms with Gasteiger partial charge in [0.1, 0.15) is 0 Å². The fraction of sp³-hybridized carbons (Fsp3) is 1.00. The quantitative estimate of drug-likeness (QED) is 0.640. The lowest BCUT2D eigenvalue weighted by atomic mass is 10.0. The van der Waals surface area contributed by atoms with Crippen LogP contribution in [-0.2, 0) is 0 Å². The Bertz CT molecular complexity index is 104. The first kappa shape index (κ1) is 9.01. The van der Waals surface area contributed by atoms with Crippen molar-refractivity contribution in [3.63, 3.8) is 0 Å². The van der Waals surface area contributed by atoms with Crippen molar-refractivity contribution in [1.82, 2.24) is 5.32 Å². The summed E-state index contributed by atoms with van der Waals surface area (Å²) in [7, 11) is 0. The van der Waals surface area contributed by atoms with E-state index in [-0.39, 0.29) is 0 Å². The third-order valence-electron chi connectivity index (χ3n) is 2.73. The Balaban J connectivity index is 2.20. The first-order chi connectivity index (χ1) is 5.38. The lowest BCUT2D eigenvalue weighted by Gasteiger charge is -2.18. The second-order valence-corrected chi connectivity index (χ2v) is 3.45. The molecule has 1 aliphatic carbocycles. The van der Waals surface area contributed by atoms with Gasteiger partial charge in [-0.15, -0.1) is 0 Å². The summed E-state index contributed by atoms with van der Waals surface area (Å²) in [4.78, 5) is 0. The molecule has 2 unspecified atom stereocenters. The minimum absolute atomic E-state index is 0.767. The minimum atomic E-state index is 0.767. The number of nitrogens with one attached hydrogen (secondary N) is 1. The summed E-state index contributed by atoms with van der Waals surface area (Å²) in [5.74, 6) is 0.918. The molecule has 0 amide bonds. The molecule has 0 spiro atoms. The Labute approximate surface area is 69.5 Å². The SMILES string of the molecule is CCC1CCCC1NCCN. The standard InChI is InChI=1S/C9H20N2/c1-2-8-4-3-5-9(8)11-7-6-10/h8-9,11H,2-7,10H2,1H3. The lowest BCUT2D eigenvalue weighted by Crippen LogP contribution is -2.35. The van der Waals surface area contributed by atoms with Crippen molar-refractivity contribution in [2.24, 2.45) is 11.7 Å². The Kier molecular flexibility index (Phi) is 3.87. The van der Waals surface area contributed by atoms with E-state index in [0.29, 0.717) is 0 Å². The molecule has 2 atom stereocenters. The summed E-state index contributed by atoms with van der Waals surface area (Å²) < 4.78 is 0. The van der Waals surface area contributed by atoms with E-state index in [1.165, 1.54) is 25.7 Å². The van der Waals surface area contributed by atoms with Gasteiger partial charge in [0.25, 0.3) is 0 Å². The zero-order valence-electron chi connectivity index (χ0n) is 7.47. The monoisotopic (exact) mass is 156 g/mol. The molecule has 0 radical (unpaired) electrons. The largest absolute Gasteiger partial charge is 0.329 e. The average molecular weight is 156 g/mol. The molecule has 0 bridgehead atoms. The summed E-state index contributed by atoms with van der Waals surface area (Å²) in [6, 6.07) is 0.767. The molecule has 11 heavy (non-hydrogen) atoms. The normalized spacial score (nSPS) is 31.1. The number of rotatable bonds is 4. The van der Waals surface area contributed by atoms with Crippen LogP contribution >= 0.6 is 0 Å². The molecule has 1 aliphatic rings. The van der Waals surface area contributed by atoms with Crippen LogP contribution in [0.25, 0.3) is 0 Å². The zero-order chi connectivity index (χ0) is 8.10. The van der Waals surface area contributed by atoms with Crippen molar-refractivity contribution < 1.29 is 0 Å². The van der Waals surface area contributed by atoms with Gasteiger partial charge in [-0.3, -0.25) is 0 Å². The van der Waals surface area contributed by atoms with Gasteiger partial charge >= 0.3 is 0 Å². The van der Waals surface area contributed by atoms with E-state index < -0.39 is 0 Å². The fourth-order valence-corrected chi connectivity index (χ4v) is 2.06. The summed E-state index contributed by atoms with van der Waals surface area (Å²) in [5.41, 5.74) is 5.43. The molecule has 2 nitrogen and oxygen atoms in total. The van der Waals surface area contributed by atoms with Crippen molar-refractivity contribution in [3.05, 3.63) is 0 Å². The molecule has 0 saturated heterocycles. The average Bonchev–Trinajstić information content (AvgIpc) is 2.47. The smallest absolute Gasteiger partial charge is 0.00957 e. The molecular weight excluding hydrogens is 136 g/mol. The van der Waals surface area contributed by atoms with Gasteiger partial charge in [-0.25, -0.2) is 0 Å². The van der Waals surface area contributed by atoms with Crippen LogP contribution in [0.3, 0.4) is 0 Å². The second kappa shape index (κ2) is 4.73. The van der Waals surface area contributed by atoms with E-state index in [0.717, 1.165) is 25.0 Å². The molecule has 3 N–H and O–H groups in total. The molecule has 66 valence electrons. The van der Waals surface area contributed by atoms with Crippen LogP contribution < -0.4 is 11.1 Å². The van der Waals surface area contributed by atoms with Crippen LogP contribution in [0.1, 0.15) is 32.6 Å². The van der Waals surface area contributed by atoms with Crippen LogP contribution in [0.5, 0.6) is 0 Å². The van der Waals surface area contributed by atoms with Crippen LogP contribution in [0, 0.1) is 5.92 Å². The summed E-state index contributed by atoms with van der Waals surface area (Å²) in [5, 5.41) is 3.51. The third kappa shape index (κ3) is 2.46. The Morgan fingerprint density at radius 1 is 1.45 bits per heavy atom. The molecule has 1 fully saturated rings. The maximum Gasteiger partial charge on any atom is 0.00957 e. The maximum atomic E-state index is 5.43. The van der Waals surface area contributed by atoms with Gasteiger partial charge in [-0.1, -0.05) is 19.8 Å². The van der Waals surface area contributed by atoms with E-state index in [9.17, 15) is 0 Å². The van der Waals surface area contributed by atoms with Crippen molar-refractivity contribution in [2.75, 3.05) is 13.1 Å². The molecule has 1 saturated carbocycles. The van der Waals surface area contributed by atoms with Gasteiger partial charge < -0.3 is 11.1 Å². The first-order valence-corrected chi connectivity index (χ1v) is 4.82. The van der Waals surface area contributed by atoms with E-state index in [1.807, 2.05) is 0 Å². The van der Waals surface area contributed by atoms with Crippen LogP contribution in [-0.4, -0.2) is 19.1 Å². The van der Waals surface area contributed by atoms with Crippen molar-refractivity contribution in [2.45, 2.75) is 38.6 Å². The highest BCUT2D eigenvalue weighted by Crippen LogP contribution is 2.27. The van der Waals surface area contributed by atoms with E-state index in [4.69, 9.17) is 5.73 Å². The highest BCUT2D eigenvalue weighted by Gasteiger charge is 2.24. The summed E-state index contributed by atoms with van der Waals surface area (Å²) >= 11 is 0. The molecule has 1 rings (SSSR count). The van der Waals surface area contributed by atoms with Gasteiger partial charge in [0.2, 0.25) is 0 Å².